The van der Waals surface area contributed by atoms with Gasteiger partial charge in [-0.05, 0) is 30.6 Å². The van der Waals surface area contributed by atoms with Crippen LogP contribution in [0.15, 0.2) is 0 Å². The monoisotopic (exact) mass is 211 g/mol. The highest BCUT2D eigenvalue weighted by Crippen LogP contribution is 2.34. The summed E-state index contributed by atoms with van der Waals surface area (Å²) in [5, 5.41) is 0. The minimum Gasteiger partial charge on any atom is -0.0654 e. The molecule has 1 unspecified atom stereocenters. The van der Waals surface area contributed by atoms with Crippen molar-refractivity contribution in [1.29, 1.82) is 0 Å². The molecule has 0 heteroatoms. The Balaban J connectivity index is 4.13. The molecule has 0 aliphatic carbocycles. The molecule has 0 bridgehead atoms. The normalized spacial score (nSPS) is 13.8. The smallest absolute Gasteiger partial charge is 0.0185 e. The predicted molar refractivity (Wildman–Crippen MR) is 70.9 cm³/mol. The largest absolute Gasteiger partial charge is 0.0654 e. The summed E-state index contributed by atoms with van der Waals surface area (Å²) in [6, 6.07) is 0. The number of unbranched alkanes of at least 4 members (excludes halogenated alkanes) is 2. The van der Waals surface area contributed by atoms with E-state index in [4.69, 9.17) is 0 Å². The third kappa shape index (κ3) is 6.22. The number of hydrogen-bond donors (Lipinski definition) is 0. The zero-order chi connectivity index (χ0) is 11.7. The zero-order valence-electron chi connectivity index (χ0n) is 11.6. The number of hydrogen-bond acceptors (Lipinski definition) is 0. The van der Waals surface area contributed by atoms with E-state index in [9.17, 15) is 0 Å². The van der Waals surface area contributed by atoms with E-state index in [2.05, 4.69) is 34.6 Å². The first kappa shape index (κ1) is 15.0. The molecule has 0 heterocycles. The second-order valence-corrected chi connectivity index (χ2v) is 5.08. The van der Waals surface area contributed by atoms with E-state index in [0.717, 1.165) is 11.8 Å². The second kappa shape index (κ2) is 9.24. The molecular weight excluding hydrogens is 180 g/mol. The van der Waals surface area contributed by atoms with Crippen LogP contribution in [0.25, 0.3) is 0 Å². The van der Waals surface area contributed by atoms with Crippen LogP contribution < -0.4 is 0 Å². The van der Waals surface area contributed by atoms with Crippen molar-refractivity contribution in [3.05, 3.63) is 5.92 Å². The van der Waals surface area contributed by atoms with Gasteiger partial charge in [0.25, 0.3) is 0 Å². The highest BCUT2D eigenvalue weighted by atomic mass is 14.3. The van der Waals surface area contributed by atoms with Crippen LogP contribution in [0.1, 0.15) is 79.6 Å². The molecule has 0 aromatic rings. The lowest BCUT2D eigenvalue weighted by Crippen LogP contribution is -2.17. The van der Waals surface area contributed by atoms with Crippen molar-refractivity contribution < 1.29 is 0 Å². The van der Waals surface area contributed by atoms with E-state index in [0.29, 0.717) is 0 Å². The molecule has 0 nitrogen and oxygen atoms in total. The molecule has 0 fully saturated rings. The van der Waals surface area contributed by atoms with Crippen LogP contribution in [0, 0.1) is 17.8 Å². The Hall–Kier alpha value is 0. The van der Waals surface area contributed by atoms with Gasteiger partial charge in [0.15, 0.2) is 0 Å². The van der Waals surface area contributed by atoms with Crippen LogP contribution in [0.5, 0.6) is 0 Å². The second-order valence-electron chi connectivity index (χ2n) is 5.08. The minimum absolute atomic E-state index is 0.790. The van der Waals surface area contributed by atoms with Crippen molar-refractivity contribution in [3.63, 3.8) is 0 Å². The summed E-state index contributed by atoms with van der Waals surface area (Å²) in [6.07, 6.45) is 9.60. The van der Waals surface area contributed by atoms with E-state index in [1.165, 1.54) is 44.9 Å². The van der Waals surface area contributed by atoms with E-state index in [-0.39, 0.29) is 0 Å². The van der Waals surface area contributed by atoms with Gasteiger partial charge in [0.1, 0.15) is 0 Å². The summed E-state index contributed by atoms with van der Waals surface area (Å²) in [7, 11) is 0. The van der Waals surface area contributed by atoms with Crippen molar-refractivity contribution in [3.8, 4) is 0 Å². The summed E-state index contributed by atoms with van der Waals surface area (Å²) in [5.74, 6) is 3.53. The molecule has 0 N–H and O–H groups in total. The summed E-state index contributed by atoms with van der Waals surface area (Å²) in [6.45, 7) is 11.7. The van der Waals surface area contributed by atoms with Gasteiger partial charge >= 0.3 is 0 Å². The first-order valence-electron chi connectivity index (χ1n) is 7.02. The van der Waals surface area contributed by atoms with Crippen LogP contribution in [-0.2, 0) is 0 Å². The molecule has 0 aliphatic rings. The maximum Gasteiger partial charge on any atom is -0.0185 e. The molecule has 1 radical (unpaired) electrons. The Morgan fingerprint density at radius 1 is 0.933 bits per heavy atom. The molecule has 0 amide bonds. The third-order valence-electron chi connectivity index (χ3n) is 3.48. The molecule has 0 saturated heterocycles. The van der Waals surface area contributed by atoms with Gasteiger partial charge in [0, 0.05) is 0 Å². The molecule has 15 heavy (non-hydrogen) atoms. The molecular formula is C15H31. The summed E-state index contributed by atoms with van der Waals surface area (Å²) in [4.78, 5) is 0. The van der Waals surface area contributed by atoms with Crippen molar-refractivity contribution in [2.75, 3.05) is 0 Å². The summed E-state index contributed by atoms with van der Waals surface area (Å²) >= 11 is 0. The predicted octanol–water partition coefficient (Wildman–Crippen LogP) is 5.62. The lowest BCUT2D eigenvalue weighted by Gasteiger charge is -2.29. The molecule has 0 aliphatic heterocycles. The van der Waals surface area contributed by atoms with Gasteiger partial charge in [-0.15, -0.1) is 0 Å². The van der Waals surface area contributed by atoms with Crippen molar-refractivity contribution in [2.45, 2.75) is 79.6 Å². The van der Waals surface area contributed by atoms with Gasteiger partial charge in [-0.25, -0.2) is 0 Å². The Bertz CT molecular complexity index is 126. The third-order valence-corrected chi connectivity index (χ3v) is 3.48. The standard InChI is InChI=1S/C15H31/c1-6-9-11-14(8-3)15(13(4)5)12-10-7-2/h13-14H,6-12H2,1-5H3. The van der Waals surface area contributed by atoms with E-state index in [1.807, 2.05) is 5.92 Å². The SMILES string of the molecule is CCCC[C](C(C)C)C(CC)CCCC. The Labute approximate surface area is 97.8 Å². The average molecular weight is 211 g/mol. The molecule has 0 rings (SSSR count). The van der Waals surface area contributed by atoms with Crippen LogP contribution in [-0.4, -0.2) is 0 Å². The maximum atomic E-state index is 2.37. The van der Waals surface area contributed by atoms with Gasteiger partial charge in [-0.1, -0.05) is 66.7 Å². The topological polar surface area (TPSA) is 0 Å². The fourth-order valence-corrected chi connectivity index (χ4v) is 2.45. The first-order valence-corrected chi connectivity index (χ1v) is 7.02. The highest BCUT2D eigenvalue weighted by molar-refractivity contribution is 4.98. The zero-order valence-corrected chi connectivity index (χ0v) is 11.6. The molecule has 0 spiro atoms. The summed E-state index contributed by atoms with van der Waals surface area (Å²) < 4.78 is 0. The highest BCUT2D eigenvalue weighted by Gasteiger charge is 2.22. The Morgan fingerprint density at radius 2 is 1.53 bits per heavy atom. The van der Waals surface area contributed by atoms with Crippen molar-refractivity contribution in [1.82, 2.24) is 0 Å². The lowest BCUT2D eigenvalue weighted by molar-refractivity contribution is 0.377. The first-order chi connectivity index (χ1) is 7.17. The van der Waals surface area contributed by atoms with Gasteiger partial charge in [0.05, 0.1) is 0 Å². The van der Waals surface area contributed by atoms with Crippen molar-refractivity contribution >= 4 is 0 Å². The average Bonchev–Trinajstić information content (AvgIpc) is 2.22. The Morgan fingerprint density at radius 3 is 1.93 bits per heavy atom. The molecule has 1 atom stereocenters. The quantitative estimate of drug-likeness (QED) is 0.464. The maximum absolute atomic E-state index is 2.37. The minimum atomic E-state index is 0.790. The molecule has 0 aromatic heterocycles. The lowest BCUT2D eigenvalue weighted by atomic mass is 9.76. The van der Waals surface area contributed by atoms with Gasteiger partial charge in [-0.3, -0.25) is 0 Å². The van der Waals surface area contributed by atoms with E-state index < -0.39 is 0 Å². The van der Waals surface area contributed by atoms with Gasteiger partial charge in [-0.2, -0.15) is 0 Å². The fourth-order valence-electron chi connectivity index (χ4n) is 2.45. The molecule has 91 valence electrons. The van der Waals surface area contributed by atoms with Gasteiger partial charge < -0.3 is 0 Å². The Kier molecular flexibility index (Phi) is 9.24. The molecule has 0 saturated carbocycles. The van der Waals surface area contributed by atoms with Crippen molar-refractivity contribution in [2.24, 2.45) is 11.8 Å². The number of rotatable bonds is 9. The van der Waals surface area contributed by atoms with E-state index in [1.54, 1.807) is 0 Å². The fraction of sp³-hybridized carbons (Fsp3) is 0.933. The van der Waals surface area contributed by atoms with Crippen LogP contribution in [0.4, 0.5) is 0 Å². The van der Waals surface area contributed by atoms with Crippen LogP contribution in [0.2, 0.25) is 0 Å². The van der Waals surface area contributed by atoms with E-state index >= 15 is 0 Å². The van der Waals surface area contributed by atoms with Crippen LogP contribution >= 0.6 is 0 Å². The van der Waals surface area contributed by atoms with Gasteiger partial charge in [0.2, 0.25) is 0 Å². The summed E-state index contributed by atoms with van der Waals surface area (Å²) in [5.41, 5.74) is 0. The van der Waals surface area contributed by atoms with Crippen LogP contribution in [0.3, 0.4) is 0 Å². The molecule has 0 aromatic carbocycles.